The molecule has 2 aromatic heterocycles. The molecule has 7 nitrogen and oxygen atoms in total. The van der Waals surface area contributed by atoms with E-state index in [0.29, 0.717) is 37.5 Å². The number of methoxy groups -OCH3 is 1. The van der Waals surface area contributed by atoms with Crippen LogP contribution in [0.2, 0.25) is 0 Å². The van der Waals surface area contributed by atoms with Crippen molar-refractivity contribution >= 4 is 16.9 Å². The number of para-hydroxylation sites is 2. The van der Waals surface area contributed by atoms with Gasteiger partial charge in [0.2, 0.25) is 11.8 Å². The molecule has 3 aromatic rings. The predicted molar refractivity (Wildman–Crippen MR) is 104 cm³/mol. The number of aryl methyl sites for hydroxylation is 3. The Bertz CT molecular complexity index is 951. The summed E-state index contributed by atoms with van der Waals surface area (Å²) in [5, 5.41) is 4.43. The molecule has 7 heteroatoms. The maximum absolute atomic E-state index is 12.5. The summed E-state index contributed by atoms with van der Waals surface area (Å²) in [6.45, 7) is 5.28. The number of amides is 1. The normalized spacial score (nSPS) is 11.0. The van der Waals surface area contributed by atoms with Gasteiger partial charge in [0.25, 0.3) is 0 Å². The molecule has 27 heavy (non-hydrogen) atoms. The van der Waals surface area contributed by atoms with Crippen LogP contribution >= 0.6 is 0 Å². The SMILES string of the molecule is COc1nc2ccccc2nc1CCC(=O)N(C)CCn1nc(C)cc1C. The first-order valence-electron chi connectivity index (χ1n) is 9.02. The highest BCUT2D eigenvalue weighted by Gasteiger charge is 2.14. The Morgan fingerprint density at radius 3 is 2.52 bits per heavy atom. The molecular formula is C20H25N5O2. The van der Waals surface area contributed by atoms with Gasteiger partial charge in [0.1, 0.15) is 5.69 Å². The van der Waals surface area contributed by atoms with E-state index in [1.165, 1.54) is 0 Å². The van der Waals surface area contributed by atoms with Gasteiger partial charge in [-0.3, -0.25) is 9.48 Å². The molecule has 0 bridgehead atoms. The fraction of sp³-hybridized carbons (Fsp3) is 0.400. The van der Waals surface area contributed by atoms with Gasteiger partial charge in [0.05, 0.1) is 30.4 Å². The average Bonchev–Trinajstić information content (AvgIpc) is 3.00. The molecule has 0 N–H and O–H groups in total. The summed E-state index contributed by atoms with van der Waals surface area (Å²) in [5.41, 5.74) is 4.38. The minimum Gasteiger partial charge on any atom is -0.480 e. The van der Waals surface area contributed by atoms with Crippen molar-refractivity contribution < 1.29 is 9.53 Å². The Kier molecular flexibility index (Phi) is 5.69. The molecule has 1 amide bonds. The van der Waals surface area contributed by atoms with Gasteiger partial charge < -0.3 is 9.64 Å². The van der Waals surface area contributed by atoms with E-state index in [4.69, 9.17) is 4.74 Å². The number of likely N-dealkylation sites (N-methyl/N-ethyl adjacent to an activating group) is 1. The van der Waals surface area contributed by atoms with E-state index in [-0.39, 0.29) is 5.91 Å². The molecule has 3 rings (SSSR count). The van der Waals surface area contributed by atoms with E-state index >= 15 is 0 Å². The number of benzene rings is 1. The molecule has 0 aliphatic rings. The van der Waals surface area contributed by atoms with E-state index in [9.17, 15) is 4.79 Å². The molecule has 0 unspecified atom stereocenters. The van der Waals surface area contributed by atoms with Crippen molar-refractivity contribution in [3.05, 3.63) is 47.4 Å². The molecule has 2 heterocycles. The Balaban J connectivity index is 1.61. The van der Waals surface area contributed by atoms with Crippen LogP contribution in [0.4, 0.5) is 0 Å². The van der Waals surface area contributed by atoms with Crippen LogP contribution in [-0.2, 0) is 17.8 Å². The quantitative estimate of drug-likeness (QED) is 0.642. The van der Waals surface area contributed by atoms with Gasteiger partial charge in [-0.25, -0.2) is 9.97 Å². The van der Waals surface area contributed by atoms with Gasteiger partial charge in [-0.2, -0.15) is 5.10 Å². The Morgan fingerprint density at radius 2 is 1.89 bits per heavy atom. The average molecular weight is 367 g/mol. The smallest absolute Gasteiger partial charge is 0.235 e. The first-order chi connectivity index (χ1) is 13.0. The molecular weight excluding hydrogens is 342 g/mol. The van der Waals surface area contributed by atoms with Crippen LogP contribution < -0.4 is 4.74 Å². The Labute approximate surface area is 159 Å². The third-order valence-electron chi connectivity index (χ3n) is 4.55. The molecule has 1 aromatic carbocycles. The molecule has 142 valence electrons. The lowest BCUT2D eigenvalue weighted by atomic mass is 10.2. The number of carbonyl (C=O) groups excluding carboxylic acids is 1. The standard InChI is InChI=1S/C20H25N5O2/c1-14-13-15(2)25(23-14)12-11-24(3)19(26)10-9-18-20(27-4)22-17-8-6-5-7-16(17)21-18/h5-8,13H,9-12H2,1-4H3. The first kappa shape index (κ1) is 18.8. The molecule has 0 saturated heterocycles. The van der Waals surface area contributed by atoms with Crippen molar-refractivity contribution in [1.29, 1.82) is 0 Å². The van der Waals surface area contributed by atoms with Crippen LogP contribution in [-0.4, -0.2) is 51.3 Å². The van der Waals surface area contributed by atoms with Crippen molar-refractivity contribution in [3.63, 3.8) is 0 Å². The van der Waals surface area contributed by atoms with Crippen LogP contribution in [0.25, 0.3) is 11.0 Å². The van der Waals surface area contributed by atoms with Crippen LogP contribution in [0.1, 0.15) is 23.5 Å². The van der Waals surface area contributed by atoms with E-state index < -0.39 is 0 Å². The third kappa shape index (κ3) is 4.42. The summed E-state index contributed by atoms with van der Waals surface area (Å²) >= 11 is 0. The zero-order valence-corrected chi connectivity index (χ0v) is 16.3. The number of nitrogens with zero attached hydrogens (tertiary/aromatic N) is 5. The molecule has 0 aliphatic carbocycles. The maximum atomic E-state index is 12.5. The fourth-order valence-electron chi connectivity index (χ4n) is 3.03. The van der Waals surface area contributed by atoms with Gasteiger partial charge in [0.15, 0.2) is 0 Å². The number of hydrogen-bond donors (Lipinski definition) is 0. The summed E-state index contributed by atoms with van der Waals surface area (Å²) in [6, 6.07) is 9.68. The van der Waals surface area contributed by atoms with Gasteiger partial charge in [-0.05, 0) is 32.0 Å². The van der Waals surface area contributed by atoms with Gasteiger partial charge in [0, 0.05) is 32.1 Å². The predicted octanol–water partition coefficient (Wildman–Crippen LogP) is 2.54. The molecule has 0 saturated carbocycles. The lowest BCUT2D eigenvalue weighted by molar-refractivity contribution is -0.130. The topological polar surface area (TPSA) is 73.1 Å². The summed E-state index contributed by atoms with van der Waals surface area (Å²) < 4.78 is 7.28. The van der Waals surface area contributed by atoms with Crippen molar-refractivity contribution in [2.45, 2.75) is 33.2 Å². The van der Waals surface area contributed by atoms with Crippen LogP contribution in [0.15, 0.2) is 30.3 Å². The second-order valence-electron chi connectivity index (χ2n) is 6.63. The second kappa shape index (κ2) is 8.16. The summed E-state index contributed by atoms with van der Waals surface area (Å²) in [6.07, 6.45) is 0.848. The van der Waals surface area contributed by atoms with Crippen molar-refractivity contribution in [1.82, 2.24) is 24.6 Å². The van der Waals surface area contributed by atoms with E-state index in [2.05, 4.69) is 15.1 Å². The lowest BCUT2D eigenvalue weighted by Crippen LogP contribution is -2.30. The van der Waals surface area contributed by atoms with Gasteiger partial charge in [-0.15, -0.1) is 0 Å². The largest absolute Gasteiger partial charge is 0.480 e. The molecule has 0 atom stereocenters. The number of hydrogen-bond acceptors (Lipinski definition) is 5. The van der Waals surface area contributed by atoms with Crippen LogP contribution in [0.3, 0.4) is 0 Å². The maximum Gasteiger partial charge on any atom is 0.235 e. The van der Waals surface area contributed by atoms with E-state index in [1.807, 2.05) is 55.9 Å². The zero-order valence-electron chi connectivity index (χ0n) is 16.3. The number of aromatic nitrogens is 4. The summed E-state index contributed by atoms with van der Waals surface area (Å²) in [4.78, 5) is 23.3. The number of carbonyl (C=O) groups is 1. The minimum absolute atomic E-state index is 0.0635. The molecule has 0 fully saturated rings. The number of ether oxygens (including phenoxy) is 1. The van der Waals surface area contributed by atoms with E-state index in [0.717, 1.165) is 22.4 Å². The minimum atomic E-state index is 0.0635. The summed E-state index contributed by atoms with van der Waals surface area (Å²) in [5.74, 6) is 0.542. The van der Waals surface area contributed by atoms with Crippen LogP contribution in [0.5, 0.6) is 5.88 Å². The fourth-order valence-corrected chi connectivity index (χ4v) is 3.03. The van der Waals surface area contributed by atoms with Gasteiger partial charge >= 0.3 is 0 Å². The van der Waals surface area contributed by atoms with E-state index in [1.54, 1.807) is 12.0 Å². The monoisotopic (exact) mass is 367 g/mol. The summed E-state index contributed by atoms with van der Waals surface area (Å²) in [7, 11) is 3.39. The van der Waals surface area contributed by atoms with Crippen LogP contribution in [0, 0.1) is 13.8 Å². The first-order valence-corrected chi connectivity index (χ1v) is 9.02. The van der Waals surface area contributed by atoms with Crippen molar-refractivity contribution in [2.24, 2.45) is 0 Å². The Morgan fingerprint density at radius 1 is 1.19 bits per heavy atom. The second-order valence-corrected chi connectivity index (χ2v) is 6.63. The number of rotatable bonds is 7. The Hall–Kier alpha value is -2.96. The highest BCUT2D eigenvalue weighted by atomic mass is 16.5. The zero-order chi connectivity index (χ0) is 19.4. The highest BCUT2D eigenvalue weighted by Crippen LogP contribution is 2.20. The van der Waals surface area contributed by atoms with Crippen molar-refractivity contribution in [2.75, 3.05) is 20.7 Å². The lowest BCUT2D eigenvalue weighted by Gasteiger charge is -2.18. The number of fused-ring (bicyclic) bond motifs is 1. The molecule has 0 aliphatic heterocycles. The molecule has 0 radical (unpaired) electrons. The van der Waals surface area contributed by atoms with Gasteiger partial charge in [-0.1, -0.05) is 12.1 Å². The third-order valence-corrected chi connectivity index (χ3v) is 4.55. The van der Waals surface area contributed by atoms with Crippen molar-refractivity contribution in [3.8, 4) is 5.88 Å². The highest BCUT2D eigenvalue weighted by molar-refractivity contribution is 5.77. The molecule has 0 spiro atoms.